The summed E-state index contributed by atoms with van der Waals surface area (Å²) in [6.45, 7) is 6.13. The summed E-state index contributed by atoms with van der Waals surface area (Å²) in [5.41, 5.74) is 13.9. The van der Waals surface area contributed by atoms with E-state index in [0.29, 0.717) is 25.6 Å². The second kappa shape index (κ2) is 7.30. The maximum Gasteiger partial charge on any atom is 0.122 e. The van der Waals surface area contributed by atoms with Crippen molar-refractivity contribution in [3.8, 4) is 5.75 Å². The Balaban J connectivity index is 2.70. The zero-order chi connectivity index (χ0) is 12.7. The largest absolute Gasteiger partial charge is 0.494 e. The van der Waals surface area contributed by atoms with Crippen molar-refractivity contribution in [3.63, 3.8) is 0 Å². The van der Waals surface area contributed by atoms with Gasteiger partial charge in [-0.1, -0.05) is 17.7 Å². The van der Waals surface area contributed by atoms with Crippen LogP contribution in [0.2, 0.25) is 0 Å². The van der Waals surface area contributed by atoms with E-state index in [0.717, 1.165) is 18.6 Å². The molecular weight excluding hydrogens is 212 g/mol. The van der Waals surface area contributed by atoms with Crippen LogP contribution in [0.4, 0.5) is 0 Å². The van der Waals surface area contributed by atoms with E-state index < -0.39 is 0 Å². The molecule has 0 heterocycles. The normalized spacial score (nSPS) is 10.9. The fourth-order valence-corrected chi connectivity index (χ4v) is 1.89. The SMILES string of the molecule is CCOc1ccc(C)cc1CCC(CN)CN. The molecule has 0 saturated carbocycles. The number of ether oxygens (including phenoxy) is 1. The van der Waals surface area contributed by atoms with Crippen LogP contribution in [-0.2, 0) is 6.42 Å². The van der Waals surface area contributed by atoms with Gasteiger partial charge in [-0.25, -0.2) is 0 Å². The van der Waals surface area contributed by atoms with E-state index in [-0.39, 0.29) is 0 Å². The van der Waals surface area contributed by atoms with Gasteiger partial charge in [0.05, 0.1) is 6.61 Å². The molecule has 1 rings (SSSR count). The first kappa shape index (κ1) is 14.0. The fraction of sp³-hybridized carbons (Fsp3) is 0.571. The van der Waals surface area contributed by atoms with Crippen molar-refractivity contribution in [2.45, 2.75) is 26.7 Å². The first-order valence-corrected chi connectivity index (χ1v) is 6.33. The van der Waals surface area contributed by atoms with Crippen LogP contribution in [-0.4, -0.2) is 19.7 Å². The summed E-state index contributed by atoms with van der Waals surface area (Å²) in [5, 5.41) is 0. The van der Waals surface area contributed by atoms with Crippen LogP contribution >= 0.6 is 0 Å². The Labute approximate surface area is 104 Å². The number of rotatable bonds is 7. The number of hydrogen-bond acceptors (Lipinski definition) is 3. The molecule has 0 aromatic heterocycles. The van der Waals surface area contributed by atoms with Crippen molar-refractivity contribution < 1.29 is 4.74 Å². The van der Waals surface area contributed by atoms with Crippen LogP contribution in [0.5, 0.6) is 5.75 Å². The van der Waals surface area contributed by atoms with E-state index in [1.807, 2.05) is 13.0 Å². The van der Waals surface area contributed by atoms with Crippen LogP contribution in [0.3, 0.4) is 0 Å². The molecule has 0 fully saturated rings. The molecule has 1 aromatic carbocycles. The molecule has 3 nitrogen and oxygen atoms in total. The molecule has 0 aliphatic rings. The maximum atomic E-state index is 5.66. The highest BCUT2D eigenvalue weighted by molar-refractivity contribution is 5.37. The number of benzene rings is 1. The molecule has 4 N–H and O–H groups in total. The monoisotopic (exact) mass is 236 g/mol. The van der Waals surface area contributed by atoms with Gasteiger partial charge in [-0.05, 0) is 57.3 Å². The summed E-state index contributed by atoms with van der Waals surface area (Å²) in [6.07, 6.45) is 2.01. The van der Waals surface area contributed by atoms with Crippen molar-refractivity contribution in [1.82, 2.24) is 0 Å². The van der Waals surface area contributed by atoms with Crippen molar-refractivity contribution in [1.29, 1.82) is 0 Å². The summed E-state index contributed by atoms with van der Waals surface area (Å²) in [6, 6.07) is 6.32. The fourth-order valence-electron chi connectivity index (χ4n) is 1.89. The lowest BCUT2D eigenvalue weighted by Gasteiger charge is -2.15. The lowest BCUT2D eigenvalue weighted by atomic mass is 9.98. The van der Waals surface area contributed by atoms with Crippen molar-refractivity contribution in [2.24, 2.45) is 17.4 Å². The van der Waals surface area contributed by atoms with Crippen molar-refractivity contribution in [3.05, 3.63) is 29.3 Å². The van der Waals surface area contributed by atoms with Crippen LogP contribution in [0.15, 0.2) is 18.2 Å². The Bertz CT molecular complexity index is 335. The number of hydrogen-bond donors (Lipinski definition) is 2. The second-order valence-corrected chi connectivity index (χ2v) is 4.42. The summed E-state index contributed by atoms with van der Waals surface area (Å²) in [4.78, 5) is 0. The van der Waals surface area contributed by atoms with E-state index in [1.165, 1.54) is 11.1 Å². The van der Waals surface area contributed by atoms with Gasteiger partial charge in [0.25, 0.3) is 0 Å². The minimum Gasteiger partial charge on any atom is -0.494 e. The van der Waals surface area contributed by atoms with E-state index in [4.69, 9.17) is 16.2 Å². The van der Waals surface area contributed by atoms with Gasteiger partial charge in [-0.15, -0.1) is 0 Å². The number of aryl methyl sites for hydroxylation is 2. The Morgan fingerprint density at radius 1 is 1.24 bits per heavy atom. The van der Waals surface area contributed by atoms with Gasteiger partial charge < -0.3 is 16.2 Å². The van der Waals surface area contributed by atoms with Crippen LogP contribution < -0.4 is 16.2 Å². The molecule has 1 aromatic rings. The van der Waals surface area contributed by atoms with Gasteiger partial charge in [-0.3, -0.25) is 0 Å². The van der Waals surface area contributed by atoms with Gasteiger partial charge in [-0.2, -0.15) is 0 Å². The smallest absolute Gasteiger partial charge is 0.122 e. The molecule has 17 heavy (non-hydrogen) atoms. The highest BCUT2D eigenvalue weighted by atomic mass is 16.5. The van der Waals surface area contributed by atoms with E-state index >= 15 is 0 Å². The molecular formula is C14H24N2O. The van der Waals surface area contributed by atoms with Gasteiger partial charge in [0, 0.05) is 0 Å². The minimum atomic E-state index is 0.407. The van der Waals surface area contributed by atoms with Gasteiger partial charge >= 0.3 is 0 Å². The second-order valence-electron chi connectivity index (χ2n) is 4.42. The lowest BCUT2D eigenvalue weighted by Crippen LogP contribution is -2.23. The Hall–Kier alpha value is -1.06. The third kappa shape index (κ3) is 4.36. The van der Waals surface area contributed by atoms with Gasteiger partial charge in [0.2, 0.25) is 0 Å². The summed E-state index contributed by atoms with van der Waals surface area (Å²) < 4.78 is 5.63. The van der Waals surface area contributed by atoms with Crippen LogP contribution in [0.1, 0.15) is 24.5 Å². The standard InChI is InChI=1S/C14H24N2O/c1-3-17-14-7-4-11(2)8-13(14)6-5-12(9-15)10-16/h4,7-8,12H,3,5-6,9-10,15-16H2,1-2H3. The molecule has 96 valence electrons. The zero-order valence-corrected chi connectivity index (χ0v) is 10.9. The average molecular weight is 236 g/mol. The first-order valence-electron chi connectivity index (χ1n) is 6.33. The highest BCUT2D eigenvalue weighted by Gasteiger charge is 2.08. The molecule has 0 atom stereocenters. The van der Waals surface area contributed by atoms with Gasteiger partial charge in [0.1, 0.15) is 5.75 Å². The van der Waals surface area contributed by atoms with Crippen LogP contribution in [0.25, 0.3) is 0 Å². The average Bonchev–Trinajstić information content (AvgIpc) is 2.34. The Morgan fingerprint density at radius 3 is 2.53 bits per heavy atom. The highest BCUT2D eigenvalue weighted by Crippen LogP contribution is 2.22. The number of nitrogens with two attached hydrogens (primary N) is 2. The van der Waals surface area contributed by atoms with E-state index in [1.54, 1.807) is 0 Å². The Kier molecular flexibility index (Phi) is 6.01. The van der Waals surface area contributed by atoms with E-state index in [2.05, 4.69) is 19.1 Å². The zero-order valence-electron chi connectivity index (χ0n) is 10.9. The maximum absolute atomic E-state index is 5.66. The quantitative estimate of drug-likeness (QED) is 0.759. The van der Waals surface area contributed by atoms with Crippen molar-refractivity contribution in [2.75, 3.05) is 19.7 Å². The predicted octanol–water partition coefficient (Wildman–Crippen LogP) is 1.86. The summed E-state index contributed by atoms with van der Waals surface area (Å²) >= 11 is 0. The molecule has 0 radical (unpaired) electrons. The van der Waals surface area contributed by atoms with Crippen molar-refractivity contribution >= 4 is 0 Å². The summed E-state index contributed by atoms with van der Waals surface area (Å²) in [7, 11) is 0. The Morgan fingerprint density at radius 2 is 1.94 bits per heavy atom. The molecule has 0 aliphatic heterocycles. The minimum absolute atomic E-state index is 0.407. The molecule has 0 spiro atoms. The van der Waals surface area contributed by atoms with Gasteiger partial charge in [0.15, 0.2) is 0 Å². The van der Waals surface area contributed by atoms with E-state index in [9.17, 15) is 0 Å². The molecule has 0 amide bonds. The lowest BCUT2D eigenvalue weighted by molar-refractivity contribution is 0.335. The first-order chi connectivity index (χ1) is 8.21. The third-order valence-corrected chi connectivity index (χ3v) is 3.00. The molecule has 0 unspecified atom stereocenters. The molecule has 0 aliphatic carbocycles. The molecule has 3 heteroatoms. The molecule has 0 bridgehead atoms. The summed E-state index contributed by atoms with van der Waals surface area (Å²) in [5.74, 6) is 1.40. The predicted molar refractivity (Wildman–Crippen MR) is 72.3 cm³/mol. The topological polar surface area (TPSA) is 61.3 Å². The molecule has 0 saturated heterocycles. The third-order valence-electron chi connectivity index (χ3n) is 3.00. The van der Waals surface area contributed by atoms with Crippen LogP contribution in [0, 0.1) is 12.8 Å².